The van der Waals surface area contributed by atoms with Crippen LogP contribution in [0.2, 0.25) is 0 Å². The monoisotopic (exact) mass is 232 g/mol. The molecular formula is C15H24N2. The topological polar surface area (TPSA) is 15.3 Å². The molecule has 0 spiro atoms. The highest BCUT2D eigenvalue weighted by Gasteiger charge is 2.22. The highest BCUT2D eigenvalue weighted by Crippen LogP contribution is 2.36. The van der Waals surface area contributed by atoms with Gasteiger partial charge in [0.05, 0.1) is 0 Å². The molecule has 2 nitrogen and oxygen atoms in total. The number of rotatable bonds is 4. The summed E-state index contributed by atoms with van der Waals surface area (Å²) in [5.41, 5.74) is 5.55. The fraction of sp³-hybridized carbons (Fsp3) is 0.600. The molecule has 1 saturated heterocycles. The van der Waals surface area contributed by atoms with Crippen LogP contribution in [0.5, 0.6) is 0 Å². The van der Waals surface area contributed by atoms with Gasteiger partial charge in [-0.25, -0.2) is 0 Å². The Morgan fingerprint density at radius 2 is 1.82 bits per heavy atom. The second-order valence-corrected chi connectivity index (χ2v) is 4.95. The van der Waals surface area contributed by atoms with E-state index in [-0.39, 0.29) is 0 Å². The summed E-state index contributed by atoms with van der Waals surface area (Å²) >= 11 is 0. The van der Waals surface area contributed by atoms with Crippen LogP contribution < -0.4 is 5.32 Å². The SMILES string of the molecule is C=C(CC)C1=C(C(=C)N2CCNCC2)CCC1. The van der Waals surface area contributed by atoms with E-state index in [1.165, 1.54) is 41.7 Å². The molecule has 0 unspecified atom stereocenters. The van der Waals surface area contributed by atoms with Gasteiger partial charge in [-0.05, 0) is 36.8 Å². The van der Waals surface area contributed by atoms with E-state index >= 15 is 0 Å². The summed E-state index contributed by atoms with van der Waals surface area (Å²) in [5, 5.41) is 3.39. The zero-order valence-electron chi connectivity index (χ0n) is 11.0. The fourth-order valence-corrected chi connectivity index (χ4v) is 2.79. The van der Waals surface area contributed by atoms with Crippen LogP contribution in [0.25, 0.3) is 0 Å². The lowest BCUT2D eigenvalue weighted by molar-refractivity contribution is 0.304. The molecule has 1 fully saturated rings. The molecule has 17 heavy (non-hydrogen) atoms. The number of nitrogens with one attached hydrogen (secondary N) is 1. The van der Waals surface area contributed by atoms with E-state index < -0.39 is 0 Å². The van der Waals surface area contributed by atoms with Gasteiger partial charge in [-0.2, -0.15) is 0 Å². The molecule has 2 heteroatoms. The minimum absolute atomic E-state index is 1.06. The number of hydrogen-bond acceptors (Lipinski definition) is 2. The molecule has 0 saturated carbocycles. The van der Waals surface area contributed by atoms with Crippen molar-refractivity contribution in [1.29, 1.82) is 0 Å². The molecule has 0 radical (unpaired) electrons. The Hall–Kier alpha value is -1.02. The maximum Gasteiger partial charge on any atom is 0.0329 e. The van der Waals surface area contributed by atoms with Gasteiger partial charge in [0, 0.05) is 31.9 Å². The van der Waals surface area contributed by atoms with Crippen LogP contribution in [0.3, 0.4) is 0 Å². The minimum atomic E-state index is 1.06. The first kappa shape index (κ1) is 12.4. The van der Waals surface area contributed by atoms with Crippen LogP contribution in [0.15, 0.2) is 35.6 Å². The van der Waals surface area contributed by atoms with Gasteiger partial charge >= 0.3 is 0 Å². The van der Waals surface area contributed by atoms with Crippen LogP contribution >= 0.6 is 0 Å². The lowest BCUT2D eigenvalue weighted by Crippen LogP contribution is -2.42. The lowest BCUT2D eigenvalue weighted by atomic mass is 9.99. The normalized spacial score (nSPS) is 20.9. The Bertz CT molecular complexity index is 346. The Morgan fingerprint density at radius 3 is 2.47 bits per heavy atom. The Kier molecular flexibility index (Phi) is 4.06. The first-order valence-electron chi connectivity index (χ1n) is 6.79. The summed E-state index contributed by atoms with van der Waals surface area (Å²) in [5.74, 6) is 0. The highest BCUT2D eigenvalue weighted by molar-refractivity contribution is 5.45. The first-order chi connectivity index (χ1) is 8.24. The zero-order valence-corrected chi connectivity index (χ0v) is 11.0. The van der Waals surface area contributed by atoms with Gasteiger partial charge in [-0.3, -0.25) is 0 Å². The quantitative estimate of drug-likeness (QED) is 0.802. The van der Waals surface area contributed by atoms with Gasteiger partial charge < -0.3 is 10.2 Å². The highest BCUT2D eigenvalue weighted by atomic mass is 15.2. The molecule has 1 N–H and O–H groups in total. The summed E-state index contributed by atoms with van der Waals surface area (Å²) in [6.07, 6.45) is 4.73. The Labute approximate surface area is 105 Å². The third-order valence-corrected chi connectivity index (χ3v) is 3.92. The second-order valence-electron chi connectivity index (χ2n) is 4.95. The lowest BCUT2D eigenvalue weighted by Gasteiger charge is -2.32. The summed E-state index contributed by atoms with van der Waals surface area (Å²) in [6, 6.07) is 0. The molecule has 0 aromatic heterocycles. The van der Waals surface area contributed by atoms with Crippen molar-refractivity contribution in [2.24, 2.45) is 0 Å². The van der Waals surface area contributed by atoms with E-state index in [4.69, 9.17) is 0 Å². The minimum Gasteiger partial charge on any atom is -0.369 e. The summed E-state index contributed by atoms with van der Waals surface area (Å²) in [7, 11) is 0. The molecule has 0 amide bonds. The summed E-state index contributed by atoms with van der Waals surface area (Å²) in [6.45, 7) is 15.1. The number of allylic oxidation sites excluding steroid dienone is 3. The van der Waals surface area contributed by atoms with Crippen molar-refractivity contribution in [2.45, 2.75) is 32.6 Å². The van der Waals surface area contributed by atoms with Crippen LogP contribution in [-0.4, -0.2) is 31.1 Å². The van der Waals surface area contributed by atoms with Crippen LogP contribution in [-0.2, 0) is 0 Å². The maximum atomic E-state index is 4.33. The Morgan fingerprint density at radius 1 is 1.18 bits per heavy atom. The predicted octanol–water partition coefficient (Wildman–Crippen LogP) is 2.85. The molecule has 94 valence electrons. The number of piperazine rings is 1. The van der Waals surface area contributed by atoms with E-state index in [0.29, 0.717) is 0 Å². The van der Waals surface area contributed by atoms with E-state index in [0.717, 1.165) is 32.6 Å². The van der Waals surface area contributed by atoms with Gasteiger partial charge in [0.2, 0.25) is 0 Å². The Balaban J connectivity index is 2.13. The van der Waals surface area contributed by atoms with Crippen molar-refractivity contribution in [3.05, 3.63) is 35.6 Å². The molecule has 1 aliphatic heterocycles. The fourth-order valence-electron chi connectivity index (χ4n) is 2.79. The van der Waals surface area contributed by atoms with Crippen molar-refractivity contribution in [1.82, 2.24) is 10.2 Å². The molecule has 0 bridgehead atoms. The average molecular weight is 232 g/mol. The van der Waals surface area contributed by atoms with Crippen molar-refractivity contribution in [3.63, 3.8) is 0 Å². The molecule has 0 aromatic rings. The van der Waals surface area contributed by atoms with E-state index in [1.54, 1.807) is 0 Å². The third-order valence-electron chi connectivity index (χ3n) is 3.92. The van der Waals surface area contributed by atoms with Gasteiger partial charge in [0.25, 0.3) is 0 Å². The molecule has 0 atom stereocenters. The summed E-state index contributed by atoms with van der Waals surface area (Å²) in [4.78, 5) is 2.43. The molecule has 1 heterocycles. The second kappa shape index (κ2) is 5.54. The van der Waals surface area contributed by atoms with Gasteiger partial charge in [-0.15, -0.1) is 0 Å². The summed E-state index contributed by atoms with van der Waals surface area (Å²) < 4.78 is 0. The maximum absolute atomic E-state index is 4.33. The van der Waals surface area contributed by atoms with Gasteiger partial charge in [-0.1, -0.05) is 25.7 Å². The standard InChI is InChI=1S/C15H24N2/c1-4-12(2)14-6-5-7-15(14)13(3)17-10-8-16-9-11-17/h16H,2-11H2,1H3. The van der Waals surface area contributed by atoms with Crippen molar-refractivity contribution in [3.8, 4) is 0 Å². The largest absolute Gasteiger partial charge is 0.369 e. The van der Waals surface area contributed by atoms with Crippen LogP contribution in [0.4, 0.5) is 0 Å². The van der Waals surface area contributed by atoms with Gasteiger partial charge in [0.1, 0.15) is 0 Å². The first-order valence-corrected chi connectivity index (χ1v) is 6.79. The number of nitrogens with zero attached hydrogens (tertiary/aromatic N) is 1. The third kappa shape index (κ3) is 2.63. The van der Waals surface area contributed by atoms with Crippen LogP contribution in [0.1, 0.15) is 32.6 Å². The predicted molar refractivity (Wildman–Crippen MR) is 73.9 cm³/mol. The van der Waals surface area contributed by atoms with Gasteiger partial charge in [0.15, 0.2) is 0 Å². The molecular weight excluding hydrogens is 208 g/mol. The zero-order chi connectivity index (χ0) is 12.3. The van der Waals surface area contributed by atoms with E-state index in [2.05, 4.69) is 30.3 Å². The van der Waals surface area contributed by atoms with E-state index in [1.807, 2.05) is 0 Å². The smallest absolute Gasteiger partial charge is 0.0329 e. The van der Waals surface area contributed by atoms with E-state index in [9.17, 15) is 0 Å². The van der Waals surface area contributed by atoms with Crippen molar-refractivity contribution in [2.75, 3.05) is 26.2 Å². The molecule has 2 aliphatic rings. The number of hydrogen-bond donors (Lipinski definition) is 1. The molecule has 0 aromatic carbocycles. The average Bonchev–Trinajstić information content (AvgIpc) is 2.87. The van der Waals surface area contributed by atoms with Crippen molar-refractivity contribution >= 4 is 0 Å². The molecule has 2 rings (SSSR count). The van der Waals surface area contributed by atoms with Crippen LogP contribution in [0, 0.1) is 0 Å². The molecule has 1 aliphatic carbocycles. The van der Waals surface area contributed by atoms with Crippen molar-refractivity contribution < 1.29 is 0 Å².